The van der Waals surface area contributed by atoms with E-state index in [0.29, 0.717) is 6.42 Å². The van der Waals surface area contributed by atoms with Gasteiger partial charge in [0.1, 0.15) is 0 Å². The summed E-state index contributed by atoms with van der Waals surface area (Å²) in [6.07, 6.45) is 4.27. The van der Waals surface area contributed by atoms with Crippen molar-refractivity contribution in [3.05, 3.63) is 0 Å². The van der Waals surface area contributed by atoms with E-state index in [9.17, 15) is 0 Å². The summed E-state index contributed by atoms with van der Waals surface area (Å²) in [4.78, 5) is 0. The van der Waals surface area contributed by atoms with E-state index >= 15 is 0 Å². The van der Waals surface area contributed by atoms with Gasteiger partial charge in [-0.2, -0.15) is 5.26 Å². The van der Waals surface area contributed by atoms with E-state index < -0.39 is 0 Å². The van der Waals surface area contributed by atoms with Gasteiger partial charge in [-0.05, 0) is 18.3 Å². The highest BCUT2D eigenvalue weighted by atomic mass is 79.9. The van der Waals surface area contributed by atoms with Crippen molar-refractivity contribution < 1.29 is 0 Å². The molecule has 0 aliphatic carbocycles. The zero-order valence-corrected chi connectivity index (χ0v) is 8.95. The van der Waals surface area contributed by atoms with Gasteiger partial charge in [0.05, 0.1) is 6.07 Å². The van der Waals surface area contributed by atoms with Crippen LogP contribution in [-0.4, -0.2) is 5.33 Å². The fourth-order valence-electron chi connectivity index (χ4n) is 1.00. The topological polar surface area (TPSA) is 23.8 Å². The van der Waals surface area contributed by atoms with Gasteiger partial charge in [0.15, 0.2) is 0 Å². The van der Waals surface area contributed by atoms with Gasteiger partial charge in [-0.3, -0.25) is 0 Å². The molecule has 0 fully saturated rings. The van der Waals surface area contributed by atoms with Gasteiger partial charge in [-0.15, -0.1) is 0 Å². The van der Waals surface area contributed by atoms with Gasteiger partial charge >= 0.3 is 0 Å². The minimum Gasteiger partial charge on any atom is -0.198 e. The maximum atomic E-state index is 8.50. The highest BCUT2D eigenvalue weighted by molar-refractivity contribution is 9.09. The highest BCUT2D eigenvalue weighted by Gasteiger charge is 2.15. The zero-order chi connectivity index (χ0) is 8.74. The average molecular weight is 218 g/mol. The number of hydrogen-bond donors (Lipinski definition) is 0. The first kappa shape index (κ1) is 11.0. The molecule has 0 aromatic carbocycles. The fraction of sp³-hybridized carbons (Fsp3) is 0.889. The third kappa shape index (κ3) is 6.37. The molecule has 0 aliphatic heterocycles. The van der Waals surface area contributed by atoms with E-state index in [1.165, 1.54) is 12.8 Å². The Bertz CT molecular complexity index is 135. The lowest BCUT2D eigenvalue weighted by Crippen LogP contribution is -2.09. The summed E-state index contributed by atoms with van der Waals surface area (Å²) in [5, 5.41) is 9.58. The molecule has 0 heterocycles. The number of nitriles is 1. The molecule has 11 heavy (non-hydrogen) atoms. The Labute approximate surface area is 77.9 Å². The number of rotatable bonds is 5. The maximum Gasteiger partial charge on any atom is 0.0627 e. The summed E-state index contributed by atoms with van der Waals surface area (Å²) >= 11 is 3.39. The zero-order valence-electron chi connectivity index (χ0n) is 7.36. The molecule has 0 bridgehead atoms. The predicted molar refractivity (Wildman–Crippen MR) is 51.7 cm³/mol. The number of unbranched alkanes of at least 4 members (excludes halogenated alkanes) is 1. The van der Waals surface area contributed by atoms with Crippen LogP contribution in [0.4, 0.5) is 0 Å². The van der Waals surface area contributed by atoms with Crippen molar-refractivity contribution >= 4 is 15.9 Å². The molecule has 0 aliphatic rings. The molecule has 64 valence electrons. The van der Waals surface area contributed by atoms with Crippen LogP contribution >= 0.6 is 15.9 Å². The molecule has 0 N–H and O–H groups in total. The summed E-state index contributed by atoms with van der Waals surface area (Å²) in [7, 11) is 0. The Morgan fingerprint density at radius 1 is 1.36 bits per heavy atom. The van der Waals surface area contributed by atoms with Crippen LogP contribution in [0.15, 0.2) is 0 Å². The second-order valence-electron chi connectivity index (χ2n) is 3.65. The molecule has 1 nitrogen and oxygen atoms in total. The number of nitrogens with zero attached hydrogens (tertiary/aromatic N) is 1. The molecule has 0 atom stereocenters. The van der Waals surface area contributed by atoms with Crippen LogP contribution in [0, 0.1) is 16.7 Å². The van der Waals surface area contributed by atoms with Gasteiger partial charge < -0.3 is 0 Å². The van der Waals surface area contributed by atoms with Gasteiger partial charge in [0.2, 0.25) is 0 Å². The third-order valence-electron chi connectivity index (χ3n) is 1.79. The lowest BCUT2D eigenvalue weighted by molar-refractivity contribution is 0.332. The second kappa shape index (κ2) is 5.60. The van der Waals surface area contributed by atoms with Crippen molar-refractivity contribution in [2.45, 2.75) is 39.5 Å². The van der Waals surface area contributed by atoms with E-state index in [-0.39, 0.29) is 5.41 Å². The normalized spacial score (nSPS) is 11.1. The fourth-order valence-corrected chi connectivity index (χ4v) is 1.40. The molecule has 0 radical (unpaired) electrons. The molecule has 0 spiro atoms. The van der Waals surface area contributed by atoms with E-state index in [4.69, 9.17) is 5.26 Å². The number of hydrogen-bond acceptors (Lipinski definition) is 1. The summed E-state index contributed by atoms with van der Waals surface area (Å²) in [6, 6.07) is 2.22. The standard InChI is InChI=1S/C9H16BrN/c1-9(2,6-8-11)5-3-4-7-10/h3-7H2,1-2H3. The van der Waals surface area contributed by atoms with Crippen molar-refractivity contribution in [3.63, 3.8) is 0 Å². The van der Waals surface area contributed by atoms with Crippen LogP contribution in [0.2, 0.25) is 0 Å². The first-order valence-electron chi connectivity index (χ1n) is 4.05. The summed E-state index contributed by atoms with van der Waals surface area (Å²) in [5.41, 5.74) is 0.219. The van der Waals surface area contributed by atoms with Gasteiger partial charge in [0, 0.05) is 11.8 Å². The van der Waals surface area contributed by atoms with E-state index in [1.54, 1.807) is 0 Å². The van der Waals surface area contributed by atoms with Crippen LogP contribution < -0.4 is 0 Å². The Hall–Kier alpha value is -0.0300. The van der Waals surface area contributed by atoms with Crippen LogP contribution in [0.25, 0.3) is 0 Å². The van der Waals surface area contributed by atoms with Crippen LogP contribution in [0.5, 0.6) is 0 Å². The first-order valence-corrected chi connectivity index (χ1v) is 5.17. The van der Waals surface area contributed by atoms with Crippen molar-refractivity contribution in [2.75, 3.05) is 5.33 Å². The molecule has 0 unspecified atom stereocenters. The van der Waals surface area contributed by atoms with E-state index in [2.05, 4.69) is 35.8 Å². The van der Waals surface area contributed by atoms with Crippen molar-refractivity contribution in [3.8, 4) is 6.07 Å². The van der Waals surface area contributed by atoms with Gasteiger partial charge in [0.25, 0.3) is 0 Å². The molecule has 0 saturated heterocycles. The number of halogens is 1. The van der Waals surface area contributed by atoms with Crippen molar-refractivity contribution in [2.24, 2.45) is 5.41 Å². The first-order chi connectivity index (χ1) is 5.12. The lowest BCUT2D eigenvalue weighted by atomic mass is 9.85. The minimum absolute atomic E-state index is 0.219. The van der Waals surface area contributed by atoms with Crippen LogP contribution in [0.1, 0.15) is 39.5 Å². The smallest absolute Gasteiger partial charge is 0.0627 e. The molecule has 0 rings (SSSR count). The quantitative estimate of drug-likeness (QED) is 0.511. The van der Waals surface area contributed by atoms with E-state index in [0.717, 1.165) is 11.8 Å². The lowest BCUT2D eigenvalue weighted by Gasteiger charge is -2.20. The average Bonchev–Trinajstić information content (AvgIpc) is 1.87. The Kier molecular flexibility index (Phi) is 5.58. The third-order valence-corrected chi connectivity index (χ3v) is 2.36. The van der Waals surface area contributed by atoms with Gasteiger partial charge in [-0.25, -0.2) is 0 Å². The van der Waals surface area contributed by atoms with Crippen LogP contribution in [0.3, 0.4) is 0 Å². The molecular formula is C9H16BrN. The second-order valence-corrected chi connectivity index (χ2v) is 4.44. The SMILES string of the molecule is CC(C)(CC#N)CCCCBr. The molecule has 0 amide bonds. The van der Waals surface area contributed by atoms with Crippen LogP contribution in [-0.2, 0) is 0 Å². The summed E-state index contributed by atoms with van der Waals surface area (Å²) in [6.45, 7) is 4.31. The largest absolute Gasteiger partial charge is 0.198 e. The molecule has 2 heteroatoms. The minimum atomic E-state index is 0.219. The monoisotopic (exact) mass is 217 g/mol. The molecule has 0 aromatic rings. The summed E-state index contributed by atoms with van der Waals surface area (Å²) in [5.74, 6) is 0. The Balaban J connectivity index is 3.48. The Morgan fingerprint density at radius 2 is 2.00 bits per heavy atom. The van der Waals surface area contributed by atoms with Crippen molar-refractivity contribution in [1.82, 2.24) is 0 Å². The highest BCUT2D eigenvalue weighted by Crippen LogP contribution is 2.26. The Morgan fingerprint density at radius 3 is 2.45 bits per heavy atom. The molecule has 0 saturated carbocycles. The number of alkyl halides is 1. The van der Waals surface area contributed by atoms with E-state index in [1.807, 2.05) is 0 Å². The molecule has 0 aromatic heterocycles. The van der Waals surface area contributed by atoms with Gasteiger partial charge in [-0.1, -0.05) is 36.2 Å². The van der Waals surface area contributed by atoms with Crippen molar-refractivity contribution in [1.29, 1.82) is 5.26 Å². The molecular weight excluding hydrogens is 202 g/mol. The maximum absolute atomic E-state index is 8.50. The predicted octanol–water partition coefficient (Wildman–Crippen LogP) is 3.49. The summed E-state index contributed by atoms with van der Waals surface area (Å²) < 4.78 is 0.